The molecular formula is C13H18N4O. The molecule has 96 valence electrons. The molecule has 0 saturated heterocycles. The van der Waals surface area contributed by atoms with Crippen LogP contribution >= 0.6 is 0 Å². The number of nitrogens with two attached hydrogens (primary N) is 1. The number of nitriles is 1. The van der Waals surface area contributed by atoms with Gasteiger partial charge in [-0.2, -0.15) is 10.2 Å². The number of ether oxygens (including phenoxy) is 1. The fourth-order valence-corrected chi connectivity index (χ4v) is 1.58. The normalized spacial score (nSPS) is 14.0. The summed E-state index contributed by atoms with van der Waals surface area (Å²) in [6.45, 7) is 1.35. The standard InChI is InChI=1S/C13H18N4O/c1-17(8-2-7-14)12-6-5-11(15)13(16-12)18-9-10-3-4-10/h5-6,10H,2-4,8-9,15H2,1H3. The van der Waals surface area contributed by atoms with E-state index >= 15 is 0 Å². The lowest BCUT2D eigenvalue weighted by Crippen LogP contribution is -2.19. The summed E-state index contributed by atoms with van der Waals surface area (Å²) in [6.07, 6.45) is 2.95. The van der Waals surface area contributed by atoms with Crippen LogP contribution in [0.15, 0.2) is 12.1 Å². The number of hydrogen-bond donors (Lipinski definition) is 1. The number of hydrogen-bond acceptors (Lipinski definition) is 5. The fourth-order valence-electron chi connectivity index (χ4n) is 1.58. The maximum Gasteiger partial charge on any atom is 0.239 e. The molecule has 0 atom stereocenters. The minimum atomic E-state index is 0.473. The van der Waals surface area contributed by atoms with Gasteiger partial charge in [-0.05, 0) is 30.9 Å². The first-order chi connectivity index (χ1) is 8.70. The van der Waals surface area contributed by atoms with Crippen molar-refractivity contribution < 1.29 is 4.74 Å². The number of aromatic nitrogens is 1. The van der Waals surface area contributed by atoms with Crippen molar-refractivity contribution in [3.63, 3.8) is 0 Å². The van der Waals surface area contributed by atoms with Gasteiger partial charge in [0.25, 0.3) is 0 Å². The molecular weight excluding hydrogens is 228 g/mol. The molecule has 0 spiro atoms. The molecule has 1 heterocycles. The van der Waals surface area contributed by atoms with Gasteiger partial charge in [0, 0.05) is 13.6 Å². The van der Waals surface area contributed by atoms with Gasteiger partial charge in [0.05, 0.1) is 24.8 Å². The summed E-state index contributed by atoms with van der Waals surface area (Å²) in [6, 6.07) is 5.76. The summed E-state index contributed by atoms with van der Waals surface area (Å²) in [4.78, 5) is 6.32. The summed E-state index contributed by atoms with van der Waals surface area (Å²) in [7, 11) is 1.90. The predicted octanol–water partition coefficient (Wildman–Crippen LogP) is 1.80. The van der Waals surface area contributed by atoms with Gasteiger partial charge < -0.3 is 15.4 Å². The maximum atomic E-state index is 8.57. The van der Waals surface area contributed by atoms with Gasteiger partial charge in [0.15, 0.2) is 0 Å². The highest BCUT2D eigenvalue weighted by Gasteiger charge is 2.22. The van der Waals surface area contributed by atoms with Crippen molar-refractivity contribution in [1.29, 1.82) is 5.26 Å². The Hall–Kier alpha value is -1.96. The summed E-state index contributed by atoms with van der Waals surface area (Å²) < 4.78 is 5.63. The van der Waals surface area contributed by atoms with E-state index in [2.05, 4.69) is 11.1 Å². The third kappa shape index (κ3) is 3.27. The molecule has 5 heteroatoms. The van der Waals surface area contributed by atoms with E-state index in [-0.39, 0.29) is 0 Å². The van der Waals surface area contributed by atoms with E-state index in [0.717, 1.165) is 5.82 Å². The Balaban J connectivity index is 2.02. The Bertz CT molecular complexity index is 451. The van der Waals surface area contributed by atoms with Gasteiger partial charge in [-0.15, -0.1) is 0 Å². The number of nitrogens with zero attached hydrogens (tertiary/aromatic N) is 3. The highest BCUT2D eigenvalue weighted by Crippen LogP contribution is 2.31. The molecule has 1 fully saturated rings. The lowest BCUT2D eigenvalue weighted by atomic mass is 10.3. The topological polar surface area (TPSA) is 75.2 Å². The number of nitrogen functional groups attached to an aromatic ring is 1. The van der Waals surface area contributed by atoms with E-state index in [4.69, 9.17) is 15.7 Å². The summed E-state index contributed by atoms with van der Waals surface area (Å²) in [5.74, 6) is 1.96. The molecule has 1 aliphatic rings. The van der Waals surface area contributed by atoms with Crippen molar-refractivity contribution in [2.24, 2.45) is 5.92 Å². The van der Waals surface area contributed by atoms with Crippen molar-refractivity contribution in [2.45, 2.75) is 19.3 Å². The first-order valence-electron chi connectivity index (χ1n) is 6.18. The van der Waals surface area contributed by atoms with Crippen LogP contribution in [0.5, 0.6) is 5.88 Å². The first-order valence-corrected chi connectivity index (χ1v) is 6.18. The number of rotatable bonds is 6. The average molecular weight is 246 g/mol. The molecule has 1 aromatic heterocycles. The third-order valence-corrected chi connectivity index (χ3v) is 2.98. The first kappa shape index (κ1) is 12.5. The van der Waals surface area contributed by atoms with Crippen molar-refractivity contribution in [2.75, 3.05) is 30.8 Å². The molecule has 1 aromatic rings. The number of pyridine rings is 1. The second-order valence-corrected chi connectivity index (χ2v) is 4.65. The van der Waals surface area contributed by atoms with Crippen LogP contribution in [0, 0.1) is 17.2 Å². The van der Waals surface area contributed by atoms with Gasteiger partial charge in [0.2, 0.25) is 5.88 Å². The van der Waals surface area contributed by atoms with Gasteiger partial charge >= 0.3 is 0 Å². The Labute approximate surface area is 107 Å². The summed E-state index contributed by atoms with van der Waals surface area (Å²) in [5.41, 5.74) is 6.40. The van der Waals surface area contributed by atoms with E-state index in [1.165, 1.54) is 12.8 Å². The van der Waals surface area contributed by atoms with Crippen molar-refractivity contribution in [3.05, 3.63) is 12.1 Å². The zero-order chi connectivity index (χ0) is 13.0. The van der Waals surface area contributed by atoms with Crippen LogP contribution < -0.4 is 15.4 Å². The molecule has 0 radical (unpaired) electrons. The van der Waals surface area contributed by atoms with Gasteiger partial charge in [-0.25, -0.2) is 0 Å². The van der Waals surface area contributed by atoms with Crippen molar-refractivity contribution in [3.8, 4) is 11.9 Å². The maximum absolute atomic E-state index is 8.57. The molecule has 0 unspecified atom stereocenters. The quantitative estimate of drug-likeness (QED) is 0.828. The zero-order valence-corrected chi connectivity index (χ0v) is 10.6. The predicted molar refractivity (Wildman–Crippen MR) is 70.4 cm³/mol. The smallest absolute Gasteiger partial charge is 0.239 e. The van der Waals surface area contributed by atoms with E-state index in [9.17, 15) is 0 Å². The largest absolute Gasteiger partial charge is 0.476 e. The number of anilines is 2. The average Bonchev–Trinajstić information content (AvgIpc) is 3.19. The monoisotopic (exact) mass is 246 g/mol. The highest BCUT2D eigenvalue weighted by atomic mass is 16.5. The Morgan fingerprint density at radius 1 is 1.56 bits per heavy atom. The molecule has 1 saturated carbocycles. The minimum Gasteiger partial charge on any atom is -0.476 e. The van der Waals surface area contributed by atoms with E-state index < -0.39 is 0 Å². The van der Waals surface area contributed by atoms with Crippen molar-refractivity contribution in [1.82, 2.24) is 4.98 Å². The van der Waals surface area contributed by atoms with Gasteiger partial charge in [0.1, 0.15) is 5.82 Å². The minimum absolute atomic E-state index is 0.473. The summed E-state index contributed by atoms with van der Waals surface area (Å²) >= 11 is 0. The second-order valence-electron chi connectivity index (χ2n) is 4.65. The van der Waals surface area contributed by atoms with Crippen LogP contribution in [0.1, 0.15) is 19.3 Å². The van der Waals surface area contributed by atoms with E-state index in [1.54, 1.807) is 6.07 Å². The zero-order valence-electron chi connectivity index (χ0n) is 10.6. The van der Waals surface area contributed by atoms with Crippen molar-refractivity contribution >= 4 is 11.5 Å². The summed E-state index contributed by atoms with van der Waals surface area (Å²) in [5, 5.41) is 8.57. The van der Waals surface area contributed by atoms with Crippen LogP contribution in [0.25, 0.3) is 0 Å². The van der Waals surface area contributed by atoms with Crippen LogP contribution in [-0.4, -0.2) is 25.2 Å². The lowest BCUT2D eigenvalue weighted by Gasteiger charge is -2.18. The Morgan fingerprint density at radius 2 is 2.33 bits per heavy atom. The molecule has 1 aliphatic carbocycles. The van der Waals surface area contributed by atoms with E-state index in [0.29, 0.717) is 37.1 Å². The van der Waals surface area contributed by atoms with Crippen LogP contribution in [0.4, 0.5) is 11.5 Å². The van der Waals surface area contributed by atoms with Crippen LogP contribution in [-0.2, 0) is 0 Å². The Kier molecular flexibility index (Phi) is 3.88. The molecule has 0 amide bonds. The fraction of sp³-hybridized carbons (Fsp3) is 0.538. The molecule has 18 heavy (non-hydrogen) atoms. The molecule has 0 aromatic carbocycles. The van der Waals surface area contributed by atoms with Gasteiger partial charge in [-0.1, -0.05) is 0 Å². The third-order valence-electron chi connectivity index (χ3n) is 2.98. The van der Waals surface area contributed by atoms with Gasteiger partial charge in [-0.3, -0.25) is 0 Å². The molecule has 2 N–H and O–H groups in total. The van der Waals surface area contributed by atoms with E-state index in [1.807, 2.05) is 18.0 Å². The SMILES string of the molecule is CN(CCC#N)c1ccc(N)c(OCC2CC2)n1. The molecule has 0 aliphatic heterocycles. The molecule has 5 nitrogen and oxygen atoms in total. The highest BCUT2D eigenvalue weighted by molar-refractivity contribution is 5.54. The molecule has 0 bridgehead atoms. The lowest BCUT2D eigenvalue weighted by molar-refractivity contribution is 0.290. The Morgan fingerprint density at radius 3 is 3.00 bits per heavy atom. The second kappa shape index (κ2) is 5.58. The van der Waals surface area contributed by atoms with Crippen LogP contribution in [0.2, 0.25) is 0 Å². The van der Waals surface area contributed by atoms with Crippen LogP contribution in [0.3, 0.4) is 0 Å². The molecule has 2 rings (SSSR count).